The highest BCUT2D eigenvalue weighted by molar-refractivity contribution is 9.11. The number of carbonyl (C=O) groups excluding carboxylic acids is 1. The van der Waals surface area contributed by atoms with E-state index in [1.54, 1.807) is 12.1 Å². The van der Waals surface area contributed by atoms with Crippen LogP contribution in [0.4, 0.5) is 5.82 Å². The summed E-state index contributed by atoms with van der Waals surface area (Å²) >= 11 is 4.66. The van der Waals surface area contributed by atoms with Crippen molar-refractivity contribution in [3.63, 3.8) is 0 Å². The quantitative estimate of drug-likeness (QED) is 0.899. The van der Waals surface area contributed by atoms with Crippen LogP contribution in [0.1, 0.15) is 25.7 Å². The van der Waals surface area contributed by atoms with E-state index in [0.717, 1.165) is 9.35 Å². The van der Waals surface area contributed by atoms with E-state index in [1.807, 2.05) is 6.92 Å². The van der Waals surface area contributed by atoms with Crippen molar-refractivity contribution >= 4 is 45.0 Å². The van der Waals surface area contributed by atoms with E-state index in [1.165, 1.54) is 23.5 Å². The molecule has 0 aliphatic rings. The predicted octanol–water partition coefficient (Wildman–Crippen LogP) is 3.16. The molecule has 0 unspecified atom stereocenters. The fraction of sp³-hybridized carbons (Fsp3) is 0.0833. The summed E-state index contributed by atoms with van der Waals surface area (Å²) in [5.74, 6) is -1.23. The lowest BCUT2D eigenvalue weighted by atomic mass is 10.3. The van der Waals surface area contributed by atoms with Gasteiger partial charge in [0.05, 0.1) is 8.66 Å². The molecule has 0 aromatic carbocycles. The lowest BCUT2D eigenvalue weighted by Crippen LogP contribution is -2.12. The molecule has 0 aliphatic heterocycles. The van der Waals surface area contributed by atoms with Crippen LogP contribution in [0.25, 0.3) is 0 Å². The average Bonchev–Trinajstić information content (AvgIpc) is 2.70. The molecule has 2 heterocycles. The molecule has 19 heavy (non-hydrogen) atoms. The molecule has 1 amide bonds. The predicted molar refractivity (Wildman–Crippen MR) is 75.9 cm³/mol. The van der Waals surface area contributed by atoms with Crippen molar-refractivity contribution < 1.29 is 14.7 Å². The van der Waals surface area contributed by atoms with Crippen LogP contribution in [0.3, 0.4) is 0 Å². The maximum atomic E-state index is 12.0. The van der Waals surface area contributed by atoms with E-state index >= 15 is 0 Å². The second kappa shape index (κ2) is 5.50. The fourth-order valence-corrected chi connectivity index (χ4v) is 2.80. The van der Waals surface area contributed by atoms with Crippen LogP contribution in [0.5, 0.6) is 0 Å². The van der Waals surface area contributed by atoms with Crippen LogP contribution in [-0.4, -0.2) is 22.0 Å². The highest BCUT2D eigenvalue weighted by atomic mass is 79.9. The second-order valence-corrected chi connectivity index (χ2v) is 6.10. The lowest BCUT2D eigenvalue weighted by molar-refractivity contribution is 0.0690. The summed E-state index contributed by atoms with van der Waals surface area (Å²) in [6, 6.07) is 6.19. The molecule has 0 bridgehead atoms. The maximum absolute atomic E-state index is 12.0. The SMILES string of the molecule is Cc1cc(C(=O)Nc2cccc(C(=O)O)n2)sc1Br. The Hall–Kier alpha value is -1.73. The number of nitrogens with one attached hydrogen (secondary N) is 1. The number of rotatable bonds is 3. The van der Waals surface area contributed by atoms with Gasteiger partial charge in [-0.1, -0.05) is 6.07 Å². The minimum atomic E-state index is -1.13. The first kappa shape index (κ1) is 13.7. The van der Waals surface area contributed by atoms with Gasteiger partial charge in [-0.3, -0.25) is 4.79 Å². The van der Waals surface area contributed by atoms with E-state index in [0.29, 0.717) is 4.88 Å². The molecular formula is C12H9BrN2O3S. The summed E-state index contributed by atoms with van der Waals surface area (Å²) in [5, 5.41) is 11.4. The molecule has 0 saturated heterocycles. The number of carbonyl (C=O) groups is 2. The van der Waals surface area contributed by atoms with Gasteiger partial charge in [-0.25, -0.2) is 9.78 Å². The van der Waals surface area contributed by atoms with Crippen LogP contribution >= 0.6 is 27.3 Å². The van der Waals surface area contributed by atoms with E-state index < -0.39 is 5.97 Å². The zero-order chi connectivity index (χ0) is 14.0. The van der Waals surface area contributed by atoms with Gasteiger partial charge in [-0.2, -0.15) is 0 Å². The number of aryl methyl sites for hydroxylation is 1. The van der Waals surface area contributed by atoms with Crippen molar-refractivity contribution in [2.45, 2.75) is 6.92 Å². The first-order valence-corrected chi connectivity index (χ1v) is 6.86. The Balaban J connectivity index is 2.19. The molecule has 2 rings (SSSR count). The van der Waals surface area contributed by atoms with Gasteiger partial charge >= 0.3 is 5.97 Å². The zero-order valence-electron chi connectivity index (χ0n) is 9.81. The molecule has 2 aromatic heterocycles. The molecule has 0 fully saturated rings. The third kappa shape index (κ3) is 3.18. The standard InChI is InChI=1S/C12H9BrN2O3S/c1-6-5-8(19-10(6)13)11(16)15-9-4-2-3-7(14-9)12(17)18/h2-5H,1H3,(H,17,18)(H,14,15,16). The van der Waals surface area contributed by atoms with Crippen molar-refractivity contribution in [1.82, 2.24) is 4.98 Å². The van der Waals surface area contributed by atoms with Gasteiger partial charge in [-0.05, 0) is 46.6 Å². The topological polar surface area (TPSA) is 79.3 Å². The van der Waals surface area contributed by atoms with E-state index in [9.17, 15) is 9.59 Å². The summed E-state index contributed by atoms with van der Waals surface area (Å²) < 4.78 is 0.893. The van der Waals surface area contributed by atoms with E-state index in [-0.39, 0.29) is 17.4 Å². The monoisotopic (exact) mass is 340 g/mol. The fourth-order valence-electron chi connectivity index (χ4n) is 1.37. The number of thiophene rings is 1. The normalized spacial score (nSPS) is 10.2. The second-order valence-electron chi connectivity index (χ2n) is 3.73. The molecule has 0 saturated carbocycles. The van der Waals surface area contributed by atoms with Gasteiger partial charge in [0.25, 0.3) is 5.91 Å². The molecule has 2 aromatic rings. The molecule has 5 nitrogen and oxygen atoms in total. The Bertz CT molecular complexity index is 635. The maximum Gasteiger partial charge on any atom is 0.354 e. The van der Waals surface area contributed by atoms with Gasteiger partial charge < -0.3 is 10.4 Å². The summed E-state index contributed by atoms with van der Waals surface area (Å²) in [5.41, 5.74) is 0.865. The molecule has 0 aliphatic carbocycles. The summed E-state index contributed by atoms with van der Waals surface area (Å²) in [7, 11) is 0. The molecular weight excluding hydrogens is 332 g/mol. The van der Waals surface area contributed by atoms with Gasteiger partial charge in [0.2, 0.25) is 0 Å². The smallest absolute Gasteiger partial charge is 0.354 e. The molecule has 0 spiro atoms. The summed E-state index contributed by atoms with van der Waals surface area (Å²) in [4.78, 5) is 27.1. The van der Waals surface area contributed by atoms with Crippen molar-refractivity contribution in [3.05, 3.63) is 44.2 Å². The molecule has 7 heteroatoms. The van der Waals surface area contributed by atoms with Crippen LogP contribution in [0, 0.1) is 6.92 Å². The third-order valence-corrected chi connectivity index (χ3v) is 4.43. The Morgan fingerprint density at radius 3 is 2.74 bits per heavy atom. The van der Waals surface area contributed by atoms with Crippen LogP contribution in [-0.2, 0) is 0 Å². The highest BCUT2D eigenvalue weighted by Crippen LogP contribution is 2.27. The summed E-state index contributed by atoms with van der Waals surface area (Å²) in [6.45, 7) is 1.89. The Kier molecular flexibility index (Phi) is 3.96. The minimum absolute atomic E-state index is 0.110. The molecule has 0 radical (unpaired) electrons. The van der Waals surface area contributed by atoms with Crippen molar-refractivity contribution in [1.29, 1.82) is 0 Å². The molecule has 0 atom stereocenters. The average molecular weight is 341 g/mol. The number of pyridine rings is 1. The third-order valence-electron chi connectivity index (χ3n) is 2.29. The largest absolute Gasteiger partial charge is 0.477 e. The number of carboxylic acid groups (broad SMARTS) is 1. The van der Waals surface area contributed by atoms with E-state index in [2.05, 4.69) is 26.2 Å². The Morgan fingerprint density at radius 2 is 2.16 bits per heavy atom. The molecule has 2 N–H and O–H groups in total. The number of aromatic carboxylic acids is 1. The highest BCUT2D eigenvalue weighted by Gasteiger charge is 2.13. The summed E-state index contributed by atoms with van der Waals surface area (Å²) in [6.07, 6.45) is 0. The number of halogens is 1. The van der Waals surface area contributed by atoms with Crippen LogP contribution in [0.2, 0.25) is 0 Å². The van der Waals surface area contributed by atoms with E-state index in [4.69, 9.17) is 5.11 Å². The van der Waals surface area contributed by atoms with Gasteiger partial charge in [0.15, 0.2) is 5.69 Å². The van der Waals surface area contributed by atoms with Crippen LogP contribution in [0.15, 0.2) is 28.1 Å². The number of carboxylic acids is 1. The van der Waals surface area contributed by atoms with Crippen molar-refractivity contribution in [2.75, 3.05) is 5.32 Å². The number of aromatic nitrogens is 1. The lowest BCUT2D eigenvalue weighted by Gasteiger charge is -2.03. The van der Waals surface area contributed by atoms with Gasteiger partial charge in [0.1, 0.15) is 5.82 Å². The minimum Gasteiger partial charge on any atom is -0.477 e. The number of amides is 1. The molecule has 98 valence electrons. The Morgan fingerprint density at radius 1 is 1.42 bits per heavy atom. The van der Waals surface area contributed by atoms with Gasteiger partial charge in [0, 0.05) is 0 Å². The van der Waals surface area contributed by atoms with Crippen LogP contribution < -0.4 is 5.32 Å². The first-order chi connectivity index (χ1) is 8.97. The number of hydrogen-bond donors (Lipinski definition) is 2. The van der Waals surface area contributed by atoms with Crippen molar-refractivity contribution in [2.24, 2.45) is 0 Å². The Labute approximate surface area is 121 Å². The first-order valence-electron chi connectivity index (χ1n) is 5.25. The zero-order valence-corrected chi connectivity index (χ0v) is 12.2. The number of nitrogens with zero attached hydrogens (tertiary/aromatic N) is 1. The number of hydrogen-bond acceptors (Lipinski definition) is 4. The number of anilines is 1. The van der Waals surface area contributed by atoms with Crippen molar-refractivity contribution in [3.8, 4) is 0 Å². The van der Waals surface area contributed by atoms with Gasteiger partial charge in [-0.15, -0.1) is 11.3 Å².